The van der Waals surface area contributed by atoms with Crippen LogP contribution in [0.4, 0.5) is 0 Å². The number of hydrogen-bond acceptors (Lipinski definition) is 1. The van der Waals surface area contributed by atoms with Crippen LogP contribution < -0.4 is 0 Å². The van der Waals surface area contributed by atoms with Crippen molar-refractivity contribution in [1.82, 2.24) is 0 Å². The van der Waals surface area contributed by atoms with Crippen molar-refractivity contribution in [3.63, 3.8) is 0 Å². The Kier molecular flexibility index (Phi) is 2.63. The molecule has 1 heteroatoms. The summed E-state index contributed by atoms with van der Waals surface area (Å²) >= 11 is 0. The van der Waals surface area contributed by atoms with Gasteiger partial charge in [-0.05, 0) is 12.5 Å². The van der Waals surface area contributed by atoms with Crippen molar-refractivity contribution in [1.29, 1.82) is 0 Å². The molecule has 0 rings (SSSR count). The Morgan fingerprint density at radius 3 is 3.22 bits per heavy atom. The quantitative estimate of drug-likeness (QED) is 0.411. The van der Waals surface area contributed by atoms with Crippen LogP contribution >= 0.6 is 0 Å². The molecule has 0 aliphatic heterocycles. The smallest absolute Gasteiger partial charge is 0.155 e. The van der Waals surface area contributed by atoms with Crippen molar-refractivity contribution in [3.05, 3.63) is 12.6 Å². The summed E-state index contributed by atoms with van der Waals surface area (Å²) in [6.45, 7) is 1.35. The van der Waals surface area contributed by atoms with Crippen molar-refractivity contribution < 1.29 is 8.91 Å². The summed E-state index contributed by atoms with van der Waals surface area (Å²) in [5.74, 6) is -0.386. The monoisotopic (exact) mass is 129 g/mol. The van der Waals surface area contributed by atoms with Gasteiger partial charge in [-0.3, -0.25) is 4.79 Å². The minimum Gasteiger partial charge on any atom is -0.295 e. The van der Waals surface area contributed by atoms with E-state index in [2.05, 4.69) is 0 Å². The summed E-state index contributed by atoms with van der Waals surface area (Å²) in [6.07, 6.45) is 3.04. The summed E-state index contributed by atoms with van der Waals surface area (Å²) in [4.78, 5) is 11.0. The minimum absolute atomic E-state index is 0.300. The first-order valence-corrected chi connectivity index (χ1v) is 3.26. The zero-order valence-electron chi connectivity index (χ0n) is 8.74. The topological polar surface area (TPSA) is 17.1 Å². The number of carbonyl (C=O) groups is 1. The van der Waals surface area contributed by atoms with Crippen LogP contribution in [0.25, 0.3) is 0 Å². The molecular weight excluding hydrogens is 112 g/mol. The predicted octanol–water partition coefficient (Wildman–Crippen LogP) is 2.32. The van der Waals surface area contributed by atoms with Crippen molar-refractivity contribution in [2.45, 2.75) is 32.6 Å². The van der Waals surface area contributed by atoms with Gasteiger partial charge in [0.1, 0.15) is 0 Å². The largest absolute Gasteiger partial charge is 0.295 e. The molecular formula is C8H14O. The van der Waals surface area contributed by atoms with Crippen LogP contribution in [0.5, 0.6) is 0 Å². The highest BCUT2D eigenvalue weighted by molar-refractivity contribution is 5.88. The Labute approximate surface area is 61.0 Å². The number of rotatable bonds is 5. The highest BCUT2D eigenvalue weighted by Gasteiger charge is 1.92. The summed E-state index contributed by atoms with van der Waals surface area (Å²) in [5.41, 5.74) is 0. The molecule has 0 saturated carbocycles. The van der Waals surface area contributed by atoms with Crippen LogP contribution in [0, 0.1) is 0 Å². The van der Waals surface area contributed by atoms with E-state index in [1.165, 1.54) is 0 Å². The third-order valence-electron chi connectivity index (χ3n) is 1.15. The van der Waals surface area contributed by atoms with Crippen molar-refractivity contribution in [2.24, 2.45) is 0 Å². The summed E-state index contributed by atoms with van der Waals surface area (Å²) in [6, 6.07) is -0.467. The third kappa shape index (κ3) is 5.28. The first-order chi connectivity index (χ1) is 5.59. The Bertz CT molecular complexity index is 183. The van der Waals surface area contributed by atoms with Gasteiger partial charge in [-0.25, -0.2) is 0 Å². The molecule has 0 aromatic carbocycles. The number of ketones is 1. The van der Waals surface area contributed by atoms with Crippen molar-refractivity contribution in [3.8, 4) is 0 Å². The van der Waals surface area contributed by atoms with E-state index in [1.54, 1.807) is 0 Å². The fourth-order valence-corrected chi connectivity index (χ4v) is 0.598. The van der Waals surface area contributed by atoms with Crippen molar-refractivity contribution >= 4 is 5.78 Å². The lowest BCUT2D eigenvalue weighted by atomic mass is 10.1. The second kappa shape index (κ2) is 5.54. The molecule has 0 N–H and O–H groups in total. The van der Waals surface area contributed by atoms with Gasteiger partial charge in [-0.1, -0.05) is 26.3 Å². The average Bonchev–Trinajstić information content (AvgIpc) is 2.03. The van der Waals surface area contributed by atoms with Gasteiger partial charge in [-0.2, -0.15) is 0 Å². The second-order valence-corrected chi connectivity index (χ2v) is 2.01. The van der Waals surface area contributed by atoms with E-state index in [1.807, 2.05) is 6.92 Å². The molecule has 0 atom stereocenters. The molecule has 0 fully saturated rings. The molecule has 1 nitrogen and oxygen atoms in total. The predicted molar refractivity (Wildman–Crippen MR) is 39.3 cm³/mol. The minimum atomic E-state index is -0.684. The molecule has 0 unspecified atom stereocenters. The lowest BCUT2D eigenvalue weighted by Crippen LogP contribution is -1.90. The molecule has 9 heavy (non-hydrogen) atoms. The molecule has 0 radical (unpaired) electrons. The standard InChI is InChI=1S/C8H14O/c1-3-5-6-7-8(9)4-2/h4H,2-3,5-7H2,1H3/i2D2,4D. The third-order valence-corrected chi connectivity index (χ3v) is 1.15. The number of unbranched alkanes of at least 4 members (excludes halogenated alkanes) is 2. The maximum Gasteiger partial charge on any atom is 0.155 e. The molecule has 52 valence electrons. The van der Waals surface area contributed by atoms with Gasteiger partial charge in [0.05, 0.1) is 4.11 Å². The molecule has 0 saturated heterocycles. The molecule has 0 amide bonds. The van der Waals surface area contributed by atoms with Gasteiger partial charge in [0.2, 0.25) is 0 Å². The molecule has 0 aromatic heterocycles. The molecule has 0 bridgehead atoms. The summed E-state index contributed by atoms with van der Waals surface area (Å²) in [5, 5.41) is 0. The van der Waals surface area contributed by atoms with E-state index >= 15 is 0 Å². The summed E-state index contributed by atoms with van der Waals surface area (Å²) in [7, 11) is 0. The van der Waals surface area contributed by atoms with Crippen LogP contribution in [0.1, 0.15) is 36.7 Å². The summed E-state index contributed by atoms with van der Waals surface area (Å²) < 4.78 is 20.5. The van der Waals surface area contributed by atoms with Crippen LogP contribution in [-0.4, -0.2) is 5.78 Å². The first-order valence-electron chi connectivity index (χ1n) is 4.76. The van der Waals surface area contributed by atoms with Crippen molar-refractivity contribution in [2.75, 3.05) is 0 Å². The van der Waals surface area contributed by atoms with Gasteiger partial charge in [-0.15, -0.1) is 0 Å². The Morgan fingerprint density at radius 1 is 1.89 bits per heavy atom. The van der Waals surface area contributed by atoms with Gasteiger partial charge < -0.3 is 0 Å². The average molecular weight is 129 g/mol. The van der Waals surface area contributed by atoms with Crippen LogP contribution in [-0.2, 0) is 4.79 Å². The second-order valence-electron chi connectivity index (χ2n) is 2.01. The van der Waals surface area contributed by atoms with Gasteiger partial charge >= 0.3 is 0 Å². The zero-order chi connectivity index (χ0) is 9.56. The maximum absolute atomic E-state index is 11.0. The Hall–Kier alpha value is -0.590. The number of carbonyl (C=O) groups excluding carboxylic acids is 1. The van der Waals surface area contributed by atoms with Crippen LogP contribution in [0.3, 0.4) is 0 Å². The lowest BCUT2D eigenvalue weighted by molar-refractivity contribution is -0.114. The molecule has 0 aliphatic rings. The van der Waals surface area contributed by atoms with E-state index < -0.39 is 12.6 Å². The normalized spacial score (nSPS) is 13.2. The van der Waals surface area contributed by atoms with E-state index in [0.717, 1.165) is 19.3 Å². The van der Waals surface area contributed by atoms with Gasteiger partial charge in [0.15, 0.2) is 5.78 Å². The Morgan fingerprint density at radius 2 is 2.67 bits per heavy atom. The lowest BCUT2D eigenvalue weighted by Gasteiger charge is -1.91. The molecule has 0 heterocycles. The fraction of sp³-hybridized carbons (Fsp3) is 0.625. The van der Waals surface area contributed by atoms with E-state index in [4.69, 9.17) is 4.11 Å². The van der Waals surface area contributed by atoms with E-state index in [-0.39, 0.29) is 5.78 Å². The molecule has 0 aromatic rings. The number of allylic oxidation sites excluding steroid dienone is 1. The SMILES string of the molecule is [2H]C([2H])=C([2H])C(=O)CCCCC. The van der Waals surface area contributed by atoms with E-state index in [9.17, 15) is 4.79 Å². The van der Waals surface area contributed by atoms with E-state index in [0.29, 0.717) is 6.42 Å². The van der Waals surface area contributed by atoms with Crippen LogP contribution in [0.2, 0.25) is 0 Å². The maximum atomic E-state index is 11.0. The Balaban J connectivity index is 3.81. The highest BCUT2D eigenvalue weighted by atomic mass is 16.1. The number of hydrogen-bond donors (Lipinski definition) is 0. The zero-order valence-corrected chi connectivity index (χ0v) is 5.74. The molecule has 0 aliphatic carbocycles. The molecule has 0 spiro atoms. The fourth-order valence-electron chi connectivity index (χ4n) is 0.598. The highest BCUT2D eigenvalue weighted by Crippen LogP contribution is 1.99. The van der Waals surface area contributed by atoms with Crippen LogP contribution in [0.15, 0.2) is 12.6 Å². The van der Waals surface area contributed by atoms with Gasteiger partial charge in [0, 0.05) is 6.42 Å². The van der Waals surface area contributed by atoms with Gasteiger partial charge in [0.25, 0.3) is 0 Å². The first kappa shape index (κ1) is 4.26.